The molecule has 8 heteroatoms. The third-order valence-corrected chi connectivity index (χ3v) is 2.37. The molecule has 0 amide bonds. The van der Waals surface area contributed by atoms with Crippen LogP contribution in [-0.4, -0.2) is 24.7 Å². The van der Waals surface area contributed by atoms with Crippen LogP contribution in [0, 0.1) is 0 Å². The smallest absolute Gasteiger partial charge is 0.245 e. The van der Waals surface area contributed by atoms with Crippen molar-refractivity contribution in [2.75, 3.05) is 5.32 Å². The van der Waals surface area contributed by atoms with E-state index >= 15 is 0 Å². The number of hydrogen-bond acceptors (Lipinski definition) is 5. The van der Waals surface area contributed by atoms with Gasteiger partial charge in [-0.2, -0.15) is 4.98 Å². The summed E-state index contributed by atoms with van der Waals surface area (Å²) in [5, 5.41) is 10.4. The summed E-state index contributed by atoms with van der Waals surface area (Å²) in [6.45, 7) is 0.484. The SMILES string of the molecule is Cn1ccnc1CNc1nc(Cl)nnc1Cl. The summed E-state index contributed by atoms with van der Waals surface area (Å²) in [6, 6.07) is 0. The monoisotopic (exact) mass is 258 g/mol. The van der Waals surface area contributed by atoms with Crippen LogP contribution in [0.2, 0.25) is 10.4 Å². The fourth-order valence-corrected chi connectivity index (χ4v) is 1.40. The van der Waals surface area contributed by atoms with E-state index in [2.05, 4.69) is 25.5 Å². The van der Waals surface area contributed by atoms with Gasteiger partial charge in [-0.05, 0) is 11.6 Å². The summed E-state index contributed by atoms with van der Waals surface area (Å²) >= 11 is 11.4. The zero-order chi connectivity index (χ0) is 11.5. The van der Waals surface area contributed by atoms with E-state index in [1.807, 2.05) is 17.8 Å². The largest absolute Gasteiger partial charge is 0.360 e. The first kappa shape index (κ1) is 11.1. The lowest BCUT2D eigenvalue weighted by atomic mass is 10.5. The van der Waals surface area contributed by atoms with E-state index in [0.717, 1.165) is 5.82 Å². The van der Waals surface area contributed by atoms with E-state index in [9.17, 15) is 0 Å². The van der Waals surface area contributed by atoms with E-state index in [0.29, 0.717) is 12.4 Å². The van der Waals surface area contributed by atoms with Gasteiger partial charge in [-0.3, -0.25) is 0 Å². The van der Waals surface area contributed by atoms with Crippen LogP contribution in [0.1, 0.15) is 5.82 Å². The van der Waals surface area contributed by atoms with Crippen molar-refractivity contribution in [3.63, 3.8) is 0 Å². The number of aromatic nitrogens is 5. The maximum Gasteiger partial charge on any atom is 0.245 e. The standard InChI is InChI=1S/C8H8Cl2N6/c1-16-3-2-11-5(16)4-12-7-6(9)14-15-8(10)13-7/h2-3H,4H2,1H3,(H,12,13,15). The minimum absolute atomic E-state index is 0.0479. The zero-order valence-corrected chi connectivity index (χ0v) is 9.87. The van der Waals surface area contributed by atoms with Crippen LogP contribution in [-0.2, 0) is 13.6 Å². The van der Waals surface area contributed by atoms with E-state index in [1.54, 1.807) is 6.20 Å². The summed E-state index contributed by atoms with van der Waals surface area (Å²) in [6.07, 6.45) is 3.56. The molecule has 0 aliphatic carbocycles. The predicted octanol–water partition coefficient (Wildman–Crippen LogP) is 1.52. The highest BCUT2D eigenvalue weighted by molar-refractivity contribution is 6.32. The molecule has 6 nitrogen and oxygen atoms in total. The highest BCUT2D eigenvalue weighted by Crippen LogP contribution is 2.16. The third-order valence-electron chi connectivity index (χ3n) is 1.95. The molecule has 0 saturated carbocycles. The highest BCUT2D eigenvalue weighted by atomic mass is 35.5. The normalized spacial score (nSPS) is 10.4. The van der Waals surface area contributed by atoms with Gasteiger partial charge in [0.2, 0.25) is 5.28 Å². The number of rotatable bonds is 3. The van der Waals surface area contributed by atoms with Crippen molar-refractivity contribution in [2.24, 2.45) is 7.05 Å². The first-order valence-corrected chi connectivity index (χ1v) is 5.18. The van der Waals surface area contributed by atoms with Crippen molar-refractivity contribution < 1.29 is 0 Å². The van der Waals surface area contributed by atoms with Crippen molar-refractivity contribution >= 4 is 29.0 Å². The molecule has 84 valence electrons. The van der Waals surface area contributed by atoms with Crippen LogP contribution in [0.25, 0.3) is 0 Å². The van der Waals surface area contributed by atoms with Gasteiger partial charge in [0, 0.05) is 19.4 Å². The fraction of sp³-hybridized carbons (Fsp3) is 0.250. The highest BCUT2D eigenvalue weighted by Gasteiger charge is 2.06. The summed E-state index contributed by atoms with van der Waals surface area (Å²) in [7, 11) is 1.90. The molecule has 0 fully saturated rings. The number of aryl methyl sites for hydroxylation is 1. The van der Waals surface area contributed by atoms with Gasteiger partial charge in [-0.15, -0.1) is 10.2 Å². The van der Waals surface area contributed by atoms with Gasteiger partial charge in [-0.25, -0.2) is 4.98 Å². The van der Waals surface area contributed by atoms with E-state index in [1.165, 1.54) is 0 Å². The molecular weight excluding hydrogens is 251 g/mol. The van der Waals surface area contributed by atoms with Gasteiger partial charge in [0.1, 0.15) is 5.82 Å². The van der Waals surface area contributed by atoms with Crippen molar-refractivity contribution in [2.45, 2.75) is 6.54 Å². The van der Waals surface area contributed by atoms with Crippen LogP contribution >= 0.6 is 23.2 Å². The van der Waals surface area contributed by atoms with Crippen molar-refractivity contribution in [1.82, 2.24) is 24.7 Å². The minimum Gasteiger partial charge on any atom is -0.360 e. The van der Waals surface area contributed by atoms with Gasteiger partial charge in [0.15, 0.2) is 11.0 Å². The topological polar surface area (TPSA) is 68.5 Å². The lowest BCUT2D eigenvalue weighted by molar-refractivity contribution is 0.808. The summed E-state index contributed by atoms with van der Waals surface area (Å²) in [4.78, 5) is 8.06. The number of nitrogens with one attached hydrogen (secondary N) is 1. The van der Waals surface area contributed by atoms with E-state index < -0.39 is 0 Å². The number of imidazole rings is 1. The Labute approximate surface area is 102 Å². The average molecular weight is 259 g/mol. The maximum absolute atomic E-state index is 5.79. The van der Waals surface area contributed by atoms with Crippen LogP contribution < -0.4 is 5.32 Å². The van der Waals surface area contributed by atoms with Crippen LogP contribution in [0.3, 0.4) is 0 Å². The van der Waals surface area contributed by atoms with Gasteiger partial charge >= 0.3 is 0 Å². The van der Waals surface area contributed by atoms with Crippen molar-refractivity contribution in [3.05, 3.63) is 28.7 Å². The van der Waals surface area contributed by atoms with Crippen molar-refractivity contribution in [3.8, 4) is 0 Å². The Bertz CT molecular complexity index is 497. The molecule has 2 aromatic heterocycles. The predicted molar refractivity (Wildman–Crippen MR) is 60.4 cm³/mol. The first-order chi connectivity index (χ1) is 7.66. The van der Waals surface area contributed by atoms with Gasteiger partial charge < -0.3 is 9.88 Å². The Balaban J connectivity index is 2.10. The van der Waals surface area contributed by atoms with Gasteiger partial charge in [-0.1, -0.05) is 11.6 Å². The molecule has 0 atom stereocenters. The molecular formula is C8H8Cl2N6. The van der Waals surface area contributed by atoms with Crippen LogP contribution in [0.5, 0.6) is 0 Å². The average Bonchev–Trinajstić information content (AvgIpc) is 2.66. The molecule has 2 aromatic rings. The molecule has 2 rings (SSSR count). The molecule has 16 heavy (non-hydrogen) atoms. The van der Waals surface area contributed by atoms with Gasteiger partial charge in [0.25, 0.3) is 0 Å². The van der Waals surface area contributed by atoms with Crippen molar-refractivity contribution in [1.29, 1.82) is 0 Å². The lowest BCUT2D eigenvalue weighted by Gasteiger charge is -2.06. The fourth-order valence-electron chi connectivity index (χ4n) is 1.14. The molecule has 2 heterocycles. The second kappa shape index (κ2) is 4.63. The molecule has 0 bridgehead atoms. The number of halogens is 2. The van der Waals surface area contributed by atoms with E-state index in [-0.39, 0.29) is 10.4 Å². The number of hydrogen-bond donors (Lipinski definition) is 1. The molecule has 0 aromatic carbocycles. The maximum atomic E-state index is 5.79. The second-order valence-corrected chi connectivity index (χ2v) is 3.72. The summed E-state index contributed by atoms with van der Waals surface area (Å²) in [5.41, 5.74) is 0. The molecule has 0 aliphatic rings. The second-order valence-electron chi connectivity index (χ2n) is 3.03. The molecule has 0 radical (unpaired) electrons. The minimum atomic E-state index is 0.0479. The Morgan fingerprint density at radius 1 is 1.38 bits per heavy atom. The Hall–Kier alpha value is -1.40. The number of nitrogens with zero attached hydrogens (tertiary/aromatic N) is 5. The molecule has 1 N–H and O–H groups in total. The first-order valence-electron chi connectivity index (χ1n) is 4.42. The summed E-state index contributed by atoms with van der Waals surface area (Å²) in [5.74, 6) is 1.25. The zero-order valence-electron chi connectivity index (χ0n) is 8.35. The van der Waals surface area contributed by atoms with Crippen LogP contribution in [0.4, 0.5) is 5.82 Å². The Morgan fingerprint density at radius 2 is 2.19 bits per heavy atom. The van der Waals surface area contributed by atoms with Gasteiger partial charge in [0.05, 0.1) is 6.54 Å². The molecule has 0 saturated heterocycles. The Morgan fingerprint density at radius 3 is 2.88 bits per heavy atom. The lowest BCUT2D eigenvalue weighted by Crippen LogP contribution is -2.08. The molecule has 0 unspecified atom stereocenters. The third kappa shape index (κ3) is 2.40. The Kier molecular flexibility index (Phi) is 3.21. The molecule has 0 aliphatic heterocycles. The quantitative estimate of drug-likeness (QED) is 0.905. The summed E-state index contributed by atoms with van der Waals surface area (Å²) < 4.78 is 1.89. The van der Waals surface area contributed by atoms with Crippen LogP contribution in [0.15, 0.2) is 12.4 Å². The van der Waals surface area contributed by atoms with E-state index in [4.69, 9.17) is 23.2 Å². The number of anilines is 1. The molecule has 0 spiro atoms.